The molecule has 0 radical (unpaired) electrons. The lowest BCUT2D eigenvalue weighted by atomic mass is 9.96. The van der Waals surface area contributed by atoms with E-state index < -0.39 is 0 Å². The Morgan fingerprint density at radius 2 is 2.22 bits per heavy atom. The first-order valence-electron chi connectivity index (χ1n) is 8.90. The van der Waals surface area contributed by atoms with E-state index in [9.17, 15) is 4.79 Å². The SMILES string of the molecule is Cc1cccn2cc(C(=O)N3CCc4[nH]cnc4C3c3cccnc3)nc12. The summed E-state index contributed by atoms with van der Waals surface area (Å²) in [6.07, 6.45) is 9.66. The van der Waals surface area contributed by atoms with Crippen molar-refractivity contribution in [3.63, 3.8) is 0 Å². The van der Waals surface area contributed by atoms with Crippen molar-refractivity contribution in [1.29, 1.82) is 0 Å². The molecule has 7 heteroatoms. The van der Waals surface area contributed by atoms with Crippen LogP contribution in [0.5, 0.6) is 0 Å². The first-order valence-corrected chi connectivity index (χ1v) is 8.90. The van der Waals surface area contributed by atoms with Gasteiger partial charge in [0.15, 0.2) is 0 Å². The van der Waals surface area contributed by atoms with Crippen molar-refractivity contribution in [2.75, 3.05) is 6.54 Å². The highest BCUT2D eigenvalue weighted by Gasteiger charge is 2.35. The van der Waals surface area contributed by atoms with Crippen LogP contribution in [0.15, 0.2) is 55.4 Å². The summed E-state index contributed by atoms with van der Waals surface area (Å²) in [5.41, 5.74) is 5.17. The van der Waals surface area contributed by atoms with Crippen LogP contribution in [0.3, 0.4) is 0 Å². The van der Waals surface area contributed by atoms with Crippen LogP contribution in [0.1, 0.15) is 39.0 Å². The summed E-state index contributed by atoms with van der Waals surface area (Å²) in [4.78, 5) is 31.7. The van der Waals surface area contributed by atoms with Gasteiger partial charge in [0.2, 0.25) is 0 Å². The summed E-state index contributed by atoms with van der Waals surface area (Å²) in [5.74, 6) is -0.0967. The predicted molar refractivity (Wildman–Crippen MR) is 99.3 cm³/mol. The zero-order valence-corrected chi connectivity index (χ0v) is 14.8. The molecule has 1 unspecified atom stereocenters. The minimum Gasteiger partial charge on any atom is -0.348 e. The maximum absolute atomic E-state index is 13.4. The van der Waals surface area contributed by atoms with E-state index in [-0.39, 0.29) is 11.9 Å². The van der Waals surface area contributed by atoms with Gasteiger partial charge >= 0.3 is 0 Å². The summed E-state index contributed by atoms with van der Waals surface area (Å²) >= 11 is 0. The van der Waals surface area contributed by atoms with Gasteiger partial charge in [0.05, 0.1) is 12.0 Å². The van der Waals surface area contributed by atoms with E-state index in [1.54, 1.807) is 24.9 Å². The highest BCUT2D eigenvalue weighted by atomic mass is 16.2. The van der Waals surface area contributed by atoms with Crippen molar-refractivity contribution in [2.24, 2.45) is 0 Å². The van der Waals surface area contributed by atoms with E-state index in [1.807, 2.05) is 46.7 Å². The highest BCUT2D eigenvalue weighted by Crippen LogP contribution is 2.33. The Kier molecular flexibility index (Phi) is 3.53. The van der Waals surface area contributed by atoms with Crippen molar-refractivity contribution in [3.8, 4) is 0 Å². The van der Waals surface area contributed by atoms with E-state index in [4.69, 9.17) is 0 Å². The van der Waals surface area contributed by atoms with Crippen LogP contribution in [0.25, 0.3) is 5.65 Å². The molecule has 1 N–H and O–H groups in total. The van der Waals surface area contributed by atoms with Gasteiger partial charge in [-0.15, -0.1) is 0 Å². The Balaban J connectivity index is 1.59. The molecular weight excluding hydrogens is 340 g/mol. The molecule has 0 spiro atoms. The Bertz CT molecular complexity index is 1130. The second kappa shape index (κ2) is 6.05. The van der Waals surface area contributed by atoms with Crippen molar-refractivity contribution >= 4 is 11.6 Å². The van der Waals surface area contributed by atoms with Crippen LogP contribution < -0.4 is 0 Å². The molecule has 134 valence electrons. The van der Waals surface area contributed by atoms with E-state index in [1.165, 1.54) is 0 Å². The number of pyridine rings is 2. The molecule has 5 heterocycles. The molecular formula is C20H18N6O. The second-order valence-electron chi connectivity index (χ2n) is 6.75. The third-order valence-corrected chi connectivity index (χ3v) is 5.08. The number of carbonyl (C=O) groups excluding carboxylic acids is 1. The molecule has 0 aliphatic carbocycles. The Morgan fingerprint density at radius 3 is 3.04 bits per heavy atom. The van der Waals surface area contributed by atoms with Gasteiger partial charge in [0.1, 0.15) is 17.4 Å². The van der Waals surface area contributed by atoms with E-state index in [0.717, 1.165) is 34.6 Å². The zero-order valence-electron chi connectivity index (χ0n) is 14.8. The number of aryl methyl sites for hydroxylation is 1. The molecule has 4 aromatic rings. The number of aromatic nitrogens is 5. The average molecular weight is 358 g/mol. The van der Waals surface area contributed by atoms with Gasteiger partial charge in [-0.25, -0.2) is 9.97 Å². The number of carbonyl (C=O) groups is 1. The molecule has 0 fully saturated rings. The maximum Gasteiger partial charge on any atom is 0.274 e. The number of aromatic amines is 1. The largest absolute Gasteiger partial charge is 0.348 e. The molecule has 4 aromatic heterocycles. The fourth-order valence-corrected chi connectivity index (χ4v) is 3.77. The van der Waals surface area contributed by atoms with Crippen LogP contribution in [-0.4, -0.2) is 41.7 Å². The third kappa shape index (κ3) is 2.51. The van der Waals surface area contributed by atoms with Gasteiger partial charge in [-0.05, 0) is 30.2 Å². The van der Waals surface area contributed by atoms with Gasteiger partial charge < -0.3 is 14.3 Å². The van der Waals surface area contributed by atoms with Crippen LogP contribution in [0, 0.1) is 6.92 Å². The summed E-state index contributed by atoms with van der Waals surface area (Å²) < 4.78 is 1.89. The number of H-pyrrole nitrogens is 1. The zero-order chi connectivity index (χ0) is 18.4. The number of fused-ring (bicyclic) bond motifs is 2. The molecule has 0 saturated carbocycles. The van der Waals surface area contributed by atoms with Gasteiger partial charge in [0, 0.05) is 43.4 Å². The van der Waals surface area contributed by atoms with E-state index in [2.05, 4.69) is 19.9 Å². The molecule has 1 amide bonds. The number of hydrogen-bond donors (Lipinski definition) is 1. The molecule has 0 saturated heterocycles. The van der Waals surface area contributed by atoms with E-state index >= 15 is 0 Å². The molecule has 1 aliphatic rings. The summed E-state index contributed by atoms with van der Waals surface area (Å²) in [6.45, 7) is 2.59. The van der Waals surface area contributed by atoms with Crippen LogP contribution in [0.4, 0.5) is 0 Å². The number of rotatable bonds is 2. The quantitative estimate of drug-likeness (QED) is 0.597. The van der Waals surface area contributed by atoms with E-state index in [0.29, 0.717) is 12.2 Å². The molecule has 1 aliphatic heterocycles. The Hall–Kier alpha value is -3.48. The molecule has 27 heavy (non-hydrogen) atoms. The van der Waals surface area contributed by atoms with Gasteiger partial charge in [0.25, 0.3) is 5.91 Å². The van der Waals surface area contributed by atoms with Crippen LogP contribution in [0.2, 0.25) is 0 Å². The molecule has 1 atom stereocenters. The predicted octanol–water partition coefficient (Wildman–Crippen LogP) is 2.55. The van der Waals surface area contributed by atoms with Gasteiger partial charge in [-0.1, -0.05) is 12.1 Å². The lowest BCUT2D eigenvalue weighted by Crippen LogP contribution is -2.41. The number of nitrogens with zero attached hydrogens (tertiary/aromatic N) is 5. The second-order valence-corrected chi connectivity index (χ2v) is 6.75. The normalized spacial score (nSPS) is 16.5. The number of nitrogens with one attached hydrogen (secondary N) is 1. The molecule has 5 rings (SSSR count). The molecule has 0 aromatic carbocycles. The number of hydrogen-bond acceptors (Lipinski definition) is 4. The molecule has 0 bridgehead atoms. The average Bonchev–Trinajstić information content (AvgIpc) is 3.35. The summed E-state index contributed by atoms with van der Waals surface area (Å²) in [6, 6.07) is 7.54. The first-order chi connectivity index (χ1) is 13.2. The summed E-state index contributed by atoms with van der Waals surface area (Å²) in [5, 5.41) is 0. The fraction of sp³-hybridized carbons (Fsp3) is 0.200. The van der Waals surface area contributed by atoms with Gasteiger partial charge in [-0.3, -0.25) is 9.78 Å². The highest BCUT2D eigenvalue weighted by molar-refractivity contribution is 5.93. The standard InChI is InChI=1S/C20H18N6O/c1-13-4-3-8-25-11-16(24-19(13)25)20(27)26-9-6-15-17(23-12-22-15)18(26)14-5-2-7-21-10-14/h2-5,7-8,10-12,18H,6,9H2,1H3,(H,22,23). The Labute approximate surface area is 155 Å². The maximum atomic E-state index is 13.4. The smallest absolute Gasteiger partial charge is 0.274 e. The lowest BCUT2D eigenvalue weighted by molar-refractivity contribution is 0.0685. The monoisotopic (exact) mass is 358 g/mol. The van der Waals surface area contributed by atoms with Crippen LogP contribution in [-0.2, 0) is 6.42 Å². The van der Waals surface area contributed by atoms with Crippen molar-refractivity contribution in [3.05, 3.63) is 83.6 Å². The number of imidazole rings is 2. The van der Waals surface area contributed by atoms with Crippen molar-refractivity contribution < 1.29 is 4.79 Å². The van der Waals surface area contributed by atoms with Crippen molar-refractivity contribution in [2.45, 2.75) is 19.4 Å². The van der Waals surface area contributed by atoms with Crippen LogP contribution >= 0.6 is 0 Å². The summed E-state index contributed by atoms with van der Waals surface area (Å²) in [7, 11) is 0. The topological polar surface area (TPSA) is 79.2 Å². The van der Waals surface area contributed by atoms with Gasteiger partial charge in [-0.2, -0.15) is 0 Å². The minimum absolute atomic E-state index is 0.0967. The third-order valence-electron chi connectivity index (χ3n) is 5.08. The lowest BCUT2D eigenvalue weighted by Gasteiger charge is -2.34. The number of amides is 1. The van der Waals surface area contributed by atoms with Crippen molar-refractivity contribution in [1.82, 2.24) is 29.2 Å². The fourth-order valence-electron chi connectivity index (χ4n) is 3.77. The molecule has 7 nitrogen and oxygen atoms in total. The Morgan fingerprint density at radius 1 is 1.30 bits per heavy atom. The first kappa shape index (κ1) is 15.7. The minimum atomic E-state index is -0.271.